The van der Waals surface area contributed by atoms with Gasteiger partial charge in [-0.15, -0.1) is 0 Å². The quantitative estimate of drug-likeness (QED) is 0.902. The molecule has 100 valence electrons. The van der Waals surface area contributed by atoms with Crippen molar-refractivity contribution in [2.24, 2.45) is 11.7 Å². The number of nitriles is 1. The molecule has 1 aromatic carbocycles. The molecule has 1 saturated carbocycles. The first-order chi connectivity index (χ1) is 9.23. The Labute approximate surface area is 115 Å². The summed E-state index contributed by atoms with van der Waals surface area (Å²) in [6, 6.07) is 10.9. The Bertz CT molecular complexity index is 501. The van der Waals surface area contributed by atoms with Crippen LogP contribution in [0.25, 0.3) is 0 Å². The minimum absolute atomic E-state index is 0.396. The number of nitrogens with two attached hydrogens (primary N) is 1. The Morgan fingerprint density at radius 2 is 2.11 bits per heavy atom. The van der Waals surface area contributed by atoms with Crippen LogP contribution in [0.2, 0.25) is 0 Å². The molecule has 0 spiro atoms. The molecule has 3 rings (SSSR count). The number of benzene rings is 1. The molecule has 3 heteroatoms. The van der Waals surface area contributed by atoms with Crippen LogP contribution in [-0.2, 0) is 6.42 Å². The fourth-order valence-electron chi connectivity index (χ4n) is 3.10. The second-order valence-corrected chi connectivity index (χ2v) is 5.93. The summed E-state index contributed by atoms with van der Waals surface area (Å²) in [6.07, 6.45) is 5.77. The van der Waals surface area contributed by atoms with Gasteiger partial charge in [0.25, 0.3) is 0 Å². The van der Waals surface area contributed by atoms with Gasteiger partial charge in [-0.2, -0.15) is 5.26 Å². The van der Waals surface area contributed by atoms with E-state index in [4.69, 9.17) is 5.73 Å². The van der Waals surface area contributed by atoms with Gasteiger partial charge in [-0.3, -0.25) is 0 Å². The number of hydrogen-bond donors (Lipinski definition) is 1. The van der Waals surface area contributed by atoms with Crippen molar-refractivity contribution in [3.05, 3.63) is 29.8 Å². The number of rotatable bonds is 3. The Hall–Kier alpha value is -1.53. The second-order valence-electron chi connectivity index (χ2n) is 5.93. The van der Waals surface area contributed by atoms with Gasteiger partial charge in [0.2, 0.25) is 0 Å². The average molecular weight is 255 g/mol. The number of aryl methyl sites for hydroxylation is 1. The molecule has 1 aromatic rings. The van der Waals surface area contributed by atoms with E-state index in [0.29, 0.717) is 12.5 Å². The molecule has 1 unspecified atom stereocenters. The SMILES string of the molecule is N#CC(N)(CN1CCCCc2ccccc21)C1CC1. The lowest BCUT2D eigenvalue weighted by molar-refractivity contribution is 0.465. The minimum Gasteiger partial charge on any atom is -0.368 e. The van der Waals surface area contributed by atoms with Crippen LogP contribution < -0.4 is 10.6 Å². The molecule has 19 heavy (non-hydrogen) atoms. The minimum atomic E-state index is -0.669. The van der Waals surface area contributed by atoms with E-state index in [1.165, 1.54) is 24.1 Å². The van der Waals surface area contributed by atoms with Gasteiger partial charge in [-0.05, 0) is 49.7 Å². The summed E-state index contributed by atoms with van der Waals surface area (Å²) < 4.78 is 0. The first-order valence-electron chi connectivity index (χ1n) is 7.26. The molecule has 1 aliphatic carbocycles. The van der Waals surface area contributed by atoms with Crippen LogP contribution in [0.15, 0.2) is 24.3 Å². The van der Waals surface area contributed by atoms with Gasteiger partial charge in [-0.25, -0.2) is 0 Å². The van der Waals surface area contributed by atoms with E-state index in [1.807, 2.05) is 0 Å². The van der Waals surface area contributed by atoms with E-state index in [9.17, 15) is 5.26 Å². The van der Waals surface area contributed by atoms with Crippen molar-refractivity contribution >= 4 is 5.69 Å². The van der Waals surface area contributed by atoms with Crippen molar-refractivity contribution in [1.29, 1.82) is 5.26 Å². The molecule has 0 bridgehead atoms. The topological polar surface area (TPSA) is 53.1 Å². The first-order valence-corrected chi connectivity index (χ1v) is 7.26. The maximum Gasteiger partial charge on any atom is 0.124 e. The Balaban J connectivity index is 1.86. The van der Waals surface area contributed by atoms with Gasteiger partial charge >= 0.3 is 0 Å². The second kappa shape index (κ2) is 4.86. The summed E-state index contributed by atoms with van der Waals surface area (Å²) in [5.41, 5.74) is 8.35. The average Bonchev–Trinajstić information content (AvgIpc) is 3.26. The van der Waals surface area contributed by atoms with Gasteiger partial charge in [-0.1, -0.05) is 18.2 Å². The van der Waals surface area contributed by atoms with Crippen molar-refractivity contribution in [2.45, 2.75) is 37.6 Å². The van der Waals surface area contributed by atoms with E-state index < -0.39 is 5.54 Å². The zero-order chi connectivity index (χ0) is 13.3. The molecule has 2 N–H and O–H groups in total. The highest BCUT2D eigenvalue weighted by Gasteiger charge is 2.44. The van der Waals surface area contributed by atoms with E-state index in [-0.39, 0.29) is 0 Å². The van der Waals surface area contributed by atoms with Crippen LogP contribution in [0.5, 0.6) is 0 Å². The summed E-state index contributed by atoms with van der Waals surface area (Å²) in [6.45, 7) is 1.69. The molecule has 0 amide bonds. The lowest BCUT2D eigenvalue weighted by Gasteiger charge is -2.32. The van der Waals surface area contributed by atoms with E-state index in [0.717, 1.165) is 25.8 Å². The summed E-state index contributed by atoms with van der Waals surface area (Å²) in [7, 11) is 0. The highest BCUT2D eigenvalue weighted by molar-refractivity contribution is 5.55. The van der Waals surface area contributed by atoms with Crippen molar-refractivity contribution in [3.63, 3.8) is 0 Å². The molecular formula is C16H21N3. The van der Waals surface area contributed by atoms with Crippen molar-refractivity contribution in [3.8, 4) is 6.07 Å². The van der Waals surface area contributed by atoms with Crippen LogP contribution >= 0.6 is 0 Å². The molecule has 1 atom stereocenters. The monoisotopic (exact) mass is 255 g/mol. The Kier molecular flexibility index (Phi) is 3.20. The van der Waals surface area contributed by atoms with Gasteiger partial charge in [0.05, 0.1) is 6.07 Å². The lowest BCUT2D eigenvalue weighted by Crippen LogP contribution is -2.51. The standard InChI is InChI=1S/C16H21N3/c17-11-16(18,14-8-9-14)12-19-10-4-3-6-13-5-1-2-7-15(13)19/h1-2,5,7,14H,3-4,6,8-10,12,18H2. The van der Waals surface area contributed by atoms with Gasteiger partial charge in [0.1, 0.15) is 5.54 Å². The molecule has 1 aliphatic heterocycles. The summed E-state index contributed by atoms with van der Waals surface area (Å²) >= 11 is 0. The molecule has 3 nitrogen and oxygen atoms in total. The van der Waals surface area contributed by atoms with Crippen LogP contribution in [0, 0.1) is 17.2 Å². The van der Waals surface area contributed by atoms with E-state index in [1.54, 1.807) is 0 Å². The zero-order valence-corrected chi connectivity index (χ0v) is 11.3. The van der Waals surface area contributed by atoms with Crippen molar-refractivity contribution < 1.29 is 0 Å². The summed E-state index contributed by atoms with van der Waals surface area (Å²) in [5.74, 6) is 0.396. The van der Waals surface area contributed by atoms with Crippen molar-refractivity contribution in [2.75, 3.05) is 18.0 Å². The normalized spacial score (nSPS) is 22.0. The summed E-state index contributed by atoms with van der Waals surface area (Å²) in [5, 5.41) is 9.44. The van der Waals surface area contributed by atoms with Crippen LogP contribution in [0.3, 0.4) is 0 Å². The van der Waals surface area contributed by atoms with Gasteiger partial charge in [0, 0.05) is 18.8 Å². The maximum absolute atomic E-state index is 9.44. The number of hydrogen-bond acceptors (Lipinski definition) is 3. The third-order valence-electron chi connectivity index (χ3n) is 4.42. The number of anilines is 1. The fourth-order valence-corrected chi connectivity index (χ4v) is 3.10. The molecule has 0 aromatic heterocycles. The summed E-state index contributed by atoms with van der Waals surface area (Å²) in [4.78, 5) is 2.34. The van der Waals surface area contributed by atoms with E-state index in [2.05, 4.69) is 35.2 Å². The van der Waals surface area contributed by atoms with Crippen LogP contribution in [0.4, 0.5) is 5.69 Å². The molecule has 1 heterocycles. The number of para-hydroxylation sites is 1. The zero-order valence-electron chi connectivity index (χ0n) is 11.3. The number of fused-ring (bicyclic) bond motifs is 1. The fraction of sp³-hybridized carbons (Fsp3) is 0.562. The predicted molar refractivity (Wildman–Crippen MR) is 76.8 cm³/mol. The highest BCUT2D eigenvalue weighted by atomic mass is 15.2. The maximum atomic E-state index is 9.44. The van der Waals surface area contributed by atoms with Gasteiger partial charge in [0.15, 0.2) is 0 Å². The smallest absolute Gasteiger partial charge is 0.124 e. The third-order valence-corrected chi connectivity index (χ3v) is 4.42. The molecule has 0 saturated heterocycles. The van der Waals surface area contributed by atoms with Crippen LogP contribution in [0.1, 0.15) is 31.2 Å². The Morgan fingerprint density at radius 1 is 1.32 bits per heavy atom. The molecule has 0 radical (unpaired) electrons. The molecule has 2 aliphatic rings. The lowest BCUT2D eigenvalue weighted by atomic mass is 9.95. The highest BCUT2D eigenvalue weighted by Crippen LogP contribution is 2.39. The number of nitrogens with zero attached hydrogens (tertiary/aromatic N) is 2. The first kappa shape index (κ1) is 12.5. The molecular weight excluding hydrogens is 234 g/mol. The molecule has 1 fully saturated rings. The largest absolute Gasteiger partial charge is 0.368 e. The van der Waals surface area contributed by atoms with Crippen LogP contribution in [-0.4, -0.2) is 18.6 Å². The van der Waals surface area contributed by atoms with E-state index >= 15 is 0 Å². The Morgan fingerprint density at radius 3 is 2.84 bits per heavy atom. The third kappa shape index (κ3) is 2.46. The predicted octanol–water partition coefficient (Wildman–Crippen LogP) is 2.46. The van der Waals surface area contributed by atoms with Crippen molar-refractivity contribution in [1.82, 2.24) is 0 Å². The van der Waals surface area contributed by atoms with Gasteiger partial charge < -0.3 is 10.6 Å².